The van der Waals surface area contributed by atoms with E-state index in [1.165, 1.54) is 24.3 Å². The Morgan fingerprint density at radius 3 is 2.36 bits per heavy atom. The van der Waals surface area contributed by atoms with Crippen molar-refractivity contribution in [2.75, 3.05) is 5.75 Å². The molecule has 0 aliphatic rings. The highest BCUT2D eigenvalue weighted by Crippen LogP contribution is 2.15. The molecule has 0 bridgehead atoms. The number of hydrogen-bond donors (Lipinski definition) is 2. The third kappa shape index (κ3) is 5.65. The zero-order chi connectivity index (χ0) is 16.8. The first-order chi connectivity index (χ1) is 10.3. The predicted octanol–water partition coefficient (Wildman–Crippen LogP) is 1.87. The molecule has 6 nitrogen and oxygen atoms in total. The van der Waals surface area contributed by atoms with Crippen LogP contribution < -0.4 is 5.32 Å². The fourth-order valence-electron chi connectivity index (χ4n) is 1.80. The van der Waals surface area contributed by atoms with Gasteiger partial charge in [0.15, 0.2) is 9.84 Å². The van der Waals surface area contributed by atoms with E-state index in [1.54, 1.807) is 0 Å². The number of benzene rings is 1. The Bertz CT molecular complexity index is 627. The summed E-state index contributed by atoms with van der Waals surface area (Å²) in [6, 6.07) is 4.35. The van der Waals surface area contributed by atoms with Crippen molar-refractivity contribution >= 4 is 33.3 Å². The summed E-state index contributed by atoms with van der Waals surface area (Å²) in [7, 11) is -3.83. The van der Waals surface area contributed by atoms with Crippen molar-refractivity contribution in [3.8, 4) is 0 Å². The van der Waals surface area contributed by atoms with Crippen molar-refractivity contribution < 1.29 is 23.1 Å². The average molecular weight is 348 g/mol. The number of carbonyl (C=O) groups excluding carboxylic acids is 1. The maximum atomic E-state index is 12.1. The fourth-order valence-corrected chi connectivity index (χ4v) is 3.07. The Morgan fingerprint density at radius 2 is 1.86 bits per heavy atom. The molecule has 0 aromatic heterocycles. The van der Waals surface area contributed by atoms with Crippen LogP contribution in [0.1, 0.15) is 26.2 Å². The first-order valence-corrected chi connectivity index (χ1v) is 8.79. The van der Waals surface area contributed by atoms with Crippen molar-refractivity contribution in [3.05, 3.63) is 29.3 Å². The maximum absolute atomic E-state index is 12.1. The van der Waals surface area contributed by atoms with Crippen molar-refractivity contribution in [2.45, 2.75) is 37.1 Å². The molecule has 0 saturated carbocycles. The van der Waals surface area contributed by atoms with Gasteiger partial charge in [-0.25, -0.2) is 13.2 Å². The third-order valence-electron chi connectivity index (χ3n) is 2.97. The van der Waals surface area contributed by atoms with Crippen molar-refractivity contribution in [2.24, 2.45) is 0 Å². The monoisotopic (exact) mass is 347 g/mol. The number of unbranched alkanes of at least 4 members (excludes halogenated alkanes) is 1. The summed E-state index contributed by atoms with van der Waals surface area (Å²) in [6.45, 7) is 1.89. The maximum Gasteiger partial charge on any atom is 0.326 e. The van der Waals surface area contributed by atoms with Crippen LogP contribution >= 0.6 is 11.6 Å². The highest BCUT2D eigenvalue weighted by atomic mass is 35.5. The molecule has 0 fully saturated rings. The van der Waals surface area contributed by atoms with Gasteiger partial charge in [-0.15, -0.1) is 0 Å². The van der Waals surface area contributed by atoms with Crippen LogP contribution in [0, 0.1) is 0 Å². The van der Waals surface area contributed by atoms with Gasteiger partial charge in [0.1, 0.15) is 11.8 Å². The van der Waals surface area contributed by atoms with Crippen LogP contribution in [0.3, 0.4) is 0 Å². The predicted molar refractivity (Wildman–Crippen MR) is 82.6 cm³/mol. The van der Waals surface area contributed by atoms with E-state index in [0.29, 0.717) is 11.4 Å². The quantitative estimate of drug-likeness (QED) is 0.747. The summed E-state index contributed by atoms with van der Waals surface area (Å²) in [5, 5.41) is 11.6. The second-order valence-electron chi connectivity index (χ2n) is 4.81. The first-order valence-electron chi connectivity index (χ1n) is 6.76. The minimum Gasteiger partial charge on any atom is -0.480 e. The van der Waals surface area contributed by atoms with E-state index < -0.39 is 33.5 Å². The molecule has 22 heavy (non-hydrogen) atoms. The molecule has 0 saturated heterocycles. The third-order valence-corrected chi connectivity index (χ3v) is 4.86. The molecule has 2 N–H and O–H groups in total. The molecule has 0 spiro atoms. The van der Waals surface area contributed by atoms with E-state index in [1.807, 2.05) is 6.92 Å². The molecule has 8 heteroatoms. The van der Waals surface area contributed by atoms with Gasteiger partial charge in [-0.2, -0.15) is 0 Å². The number of amides is 1. The minimum atomic E-state index is -3.83. The highest BCUT2D eigenvalue weighted by molar-refractivity contribution is 7.92. The summed E-state index contributed by atoms with van der Waals surface area (Å²) in [6.07, 6.45) is 1.67. The normalized spacial score (nSPS) is 12.6. The molecule has 0 radical (unpaired) electrons. The SMILES string of the molecule is CCCC[C@H](NC(=O)CS(=O)(=O)c1ccc(Cl)cc1)C(=O)O. The summed E-state index contributed by atoms with van der Waals surface area (Å²) in [4.78, 5) is 22.8. The topological polar surface area (TPSA) is 101 Å². The molecule has 1 rings (SSSR count). The molecular weight excluding hydrogens is 330 g/mol. The number of carbonyl (C=O) groups is 2. The van der Waals surface area contributed by atoms with Gasteiger partial charge in [-0.3, -0.25) is 4.79 Å². The minimum absolute atomic E-state index is 0.0347. The lowest BCUT2D eigenvalue weighted by atomic mass is 10.1. The summed E-state index contributed by atoms with van der Waals surface area (Å²) in [5.41, 5.74) is 0. The van der Waals surface area contributed by atoms with Crippen molar-refractivity contribution in [1.29, 1.82) is 0 Å². The first kappa shape index (κ1) is 18.4. The highest BCUT2D eigenvalue weighted by Gasteiger charge is 2.24. The Balaban J connectivity index is 2.73. The van der Waals surface area contributed by atoms with Crippen molar-refractivity contribution in [1.82, 2.24) is 5.32 Å². The molecule has 0 aliphatic carbocycles. The Labute approximate surface area is 134 Å². The lowest BCUT2D eigenvalue weighted by molar-refractivity contribution is -0.141. The van der Waals surface area contributed by atoms with E-state index in [9.17, 15) is 18.0 Å². The number of sulfone groups is 1. The zero-order valence-electron chi connectivity index (χ0n) is 12.1. The average Bonchev–Trinajstić information content (AvgIpc) is 2.43. The van der Waals surface area contributed by atoms with Gasteiger partial charge in [-0.1, -0.05) is 31.4 Å². The smallest absolute Gasteiger partial charge is 0.326 e. The Kier molecular flexibility index (Phi) is 6.83. The number of carboxylic acid groups (broad SMARTS) is 1. The lowest BCUT2D eigenvalue weighted by Gasteiger charge is -2.14. The van der Waals surface area contributed by atoms with E-state index in [4.69, 9.17) is 16.7 Å². The van der Waals surface area contributed by atoms with Crippen LogP contribution in [0.4, 0.5) is 0 Å². The van der Waals surface area contributed by atoms with E-state index >= 15 is 0 Å². The summed E-state index contributed by atoms with van der Waals surface area (Å²) >= 11 is 5.68. The van der Waals surface area contributed by atoms with Gasteiger partial charge >= 0.3 is 5.97 Å². The van der Waals surface area contributed by atoms with Crippen LogP contribution in [0.25, 0.3) is 0 Å². The molecule has 0 heterocycles. The fraction of sp³-hybridized carbons (Fsp3) is 0.429. The van der Waals surface area contributed by atoms with E-state index in [0.717, 1.165) is 6.42 Å². The van der Waals surface area contributed by atoms with Crippen LogP contribution in [0.2, 0.25) is 5.02 Å². The van der Waals surface area contributed by atoms with Crippen LogP contribution in [-0.4, -0.2) is 37.2 Å². The molecule has 0 unspecified atom stereocenters. The van der Waals surface area contributed by atoms with Crippen molar-refractivity contribution in [3.63, 3.8) is 0 Å². The standard InChI is InChI=1S/C14H18ClNO5S/c1-2-3-4-12(14(18)19)16-13(17)9-22(20,21)11-7-5-10(15)6-8-11/h5-8,12H,2-4,9H2,1H3,(H,16,17)(H,18,19)/t12-/m0/s1. The molecule has 0 aliphatic heterocycles. The largest absolute Gasteiger partial charge is 0.480 e. The van der Waals surface area contributed by atoms with Crippen LogP contribution in [0.5, 0.6) is 0 Å². The summed E-state index contributed by atoms with van der Waals surface area (Å²) in [5.74, 6) is -2.81. The number of aliphatic carboxylic acids is 1. The van der Waals surface area contributed by atoms with Gasteiger partial charge in [0.2, 0.25) is 5.91 Å². The summed E-state index contributed by atoms with van der Waals surface area (Å²) < 4.78 is 24.1. The molecular formula is C14H18ClNO5S. The Morgan fingerprint density at radius 1 is 1.27 bits per heavy atom. The number of rotatable bonds is 8. The van der Waals surface area contributed by atoms with Crippen LogP contribution in [0.15, 0.2) is 29.2 Å². The number of nitrogens with one attached hydrogen (secondary N) is 1. The van der Waals surface area contributed by atoms with Gasteiger partial charge in [0.25, 0.3) is 0 Å². The number of halogens is 1. The second kappa shape index (κ2) is 8.14. The lowest BCUT2D eigenvalue weighted by Crippen LogP contribution is -2.43. The van der Waals surface area contributed by atoms with Gasteiger partial charge in [0, 0.05) is 5.02 Å². The molecule has 1 aromatic carbocycles. The van der Waals surface area contributed by atoms with Crippen LogP contribution in [-0.2, 0) is 19.4 Å². The molecule has 122 valence electrons. The number of hydrogen-bond acceptors (Lipinski definition) is 4. The zero-order valence-corrected chi connectivity index (χ0v) is 13.7. The van der Waals surface area contributed by atoms with Gasteiger partial charge in [-0.05, 0) is 30.7 Å². The van der Waals surface area contributed by atoms with Gasteiger partial charge in [0.05, 0.1) is 4.90 Å². The molecule has 1 aromatic rings. The Hall–Kier alpha value is -1.60. The van der Waals surface area contributed by atoms with E-state index in [-0.39, 0.29) is 11.3 Å². The van der Waals surface area contributed by atoms with E-state index in [2.05, 4.69) is 5.32 Å². The second-order valence-corrected chi connectivity index (χ2v) is 7.24. The molecule has 1 amide bonds. The number of carboxylic acids is 1. The van der Waals surface area contributed by atoms with Gasteiger partial charge < -0.3 is 10.4 Å². The molecule has 1 atom stereocenters.